The average molecular weight is 290 g/mol. The van der Waals surface area contributed by atoms with Crippen LogP contribution in [0.1, 0.15) is 5.56 Å². The van der Waals surface area contributed by atoms with Crippen molar-refractivity contribution in [3.8, 4) is 11.1 Å². The summed E-state index contributed by atoms with van der Waals surface area (Å²) < 4.78 is 14.0. The van der Waals surface area contributed by atoms with E-state index in [9.17, 15) is 4.39 Å². The summed E-state index contributed by atoms with van der Waals surface area (Å²) in [5.41, 5.74) is 1.63. The Balaban J connectivity index is 2.56. The number of hydrogen-bond donors (Lipinski definition) is 0. The van der Waals surface area contributed by atoms with E-state index in [0.29, 0.717) is 26.7 Å². The highest BCUT2D eigenvalue weighted by Crippen LogP contribution is 2.31. The molecular weight excluding hydrogens is 282 g/mol. The van der Waals surface area contributed by atoms with E-state index < -0.39 is 0 Å². The zero-order valence-corrected chi connectivity index (χ0v) is 11.0. The van der Waals surface area contributed by atoms with Crippen molar-refractivity contribution < 1.29 is 4.39 Å². The molecule has 88 valence electrons. The van der Waals surface area contributed by atoms with Gasteiger partial charge in [-0.05, 0) is 17.7 Å². The standard InChI is InChI=1S/C13H8Cl3F/c14-7-9-2-1-3-10(13(9)17)8-4-5-11(15)12(16)6-8/h1-6H,7H2. The first-order valence-electron chi connectivity index (χ1n) is 4.92. The summed E-state index contributed by atoms with van der Waals surface area (Å²) >= 11 is 17.4. The molecule has 0 fully saturated rings. The Bertz CT molecular complexity index is 552. The normalized spacial score (nSPS) is 10.6. The van der Waals surface area contributed by atoms with Crippen molar-refractivity contribution in [1.82, 2.24) is 0 Å². The maximum Gasteiger partial charge on any atom is 0.135 e. The molecule has 0 nitrogen and oxygen atoms in total. The fourth-order valence-electron chi connectivity index (χ4n) is 1.57. The summed E-state index contributed by atoms with van der Waals surface area (Å²) in [7, 11) is 0. The van der Waals surface area contributed by atoms with E-state index in [2.05, 4.69) is 0 Å². The third kappa shape index (κ3) is 2.57. The molecule has 0 unspecified atom stereocenters. The molecule has 4 heteroatoms. The molecular formula is C13H8Cl3F. The molecule has 0 heterocycles. The van der Waals surface area contributed by atoms with Crippen LogP contribution in [0.25, 0.3) is 11.1 Å². The summed E-state index contributed by atoms with van der Waals surface area (Å²) in [6, 6.07) is 10.1. The molecule has 0 saturated heterocycles. The van der Waals surface area contributed by atoms with E-state index >= 15 is 0 Å². The molecule has 0 atom stereocenters. The van der Waals surface area contributed by atoms with Gasteiger partial charge in [0.2, 0.25) is 0 Å². The molecule has 0 saturated carbocycles. The van der Waals surface area contributed by atoms with Crippen LogP contribution in [0.15, 0.2) is 36.4 Å². The first kappa shape index (κ1) is 12.7. The predicted octanol–water partition coefficient (Wildman–Crippen LogP) is 5.54. The van der Waals surface area contributed by atoms with Gasteiger partial charge in [0.05, 0.1) is 15.9 Å². The van der Waals surface area contributed by atoms with Gasteiger partial charge in [-0.3, -0.25) is 0 Å². The van der Waals surface area contributed by atoms with Gasteiger partial charge in [-0.25, -0.2) is 4.39 Å². The Morgan fingerprint density at radius 3 is 2.41 bits per heavy atom. The smallest absolute Gasteiger partial charge is 0.135 e. The van der Waals surface area contributed by atoms with Gasteiger partial charge >= 0.3 is 0 Å². The van der Waals surface area contributed by atoms with Crippen LogP contribution in [0, 0.1) is 5.82 Å². The van der Waals surface area contributed by atoms with E-state index in [1.807, 2.05) is 0 Å². The van der Waals surface area contributed by atoms with E-state index in [1.165, 1.54) is 0 Å². The van der Waals surface area contributed by atoms with Crippen LogP contribution in [0.3, 0.4) is 0 Å². The maximum atomic E-state index is 14.0. The lowest BCUT2D eigenvalue weighted by molar-refractivity contribution is 0.620. The lowest BCUT2D eigenvalue weighted by atomic mass is 10.0. The third-order valence-corrected chi connectivity index (χ3v) is 3.48. The van der Waals surface area contributed by atoms with Crippen LogP contribution in [-0.2, 0) is 5.88 Å². The van der Waals surface area contributed by atoms with Crippen molar-refractivity contribution in [2.24, 2.45) is 0 Å². The molecule has 2 aromatic carbocycles. The summed E-state index contributed by atoms with van der Waals surface area (Å²) in [6.45, 7) is 0. The number of hydrogen-bond acceptors (Lipinski definition) is 0. The van der Waals surface area contributed by atoms with Gasteiger partial charge in [-0.2, -0.15) is 0 Å². The number of rotatable bonds is 2. The fraction of sp³-hybridized carbons (Fsp3) is 0.0769. The van der Waals surface area contributed by atoms with E-state index in [1.54, 1.807) is 36.4 Å². The molecule has 0 radical (unpaired) electrons. The Hall–Kier alpha value is -0.760. The first-order valence-corrected chi connectivity index (χ1v) is 6.21. The van der Waals surface area contributed by atoms with E-state index in [0.717, 1.165) is 0 Å². The zero-order valence-electron chi connectivity index (χ0n) is 8.68. The SMILES string of the molecule is Fc1c(CCl)cccc1-c1ccc(Cl)c(Cl)c1. The second-order valence-electron chi connectivity index (χ2n) is 3.54. The molecule has 2 rings (SSSR count). The van der Waals surface area contributed by atoms with Gasteiger partial charge in [-0.1, -0.05) is 47.5 Å². The molecule has 0 bridgehead atoms. The van der Waals surface area contributed by atoms with Crippen LogP contribution in [0.5, 0.6) is 0 Å². The third-order valence-electron chi connectivity index (χ3n) is 2.45. The fourth-order valence-corrected chi connectivity index (χ4v) is 2.07. The topological polar surface area (TPSA) is 0 Å². The van der Waals surface area contributed by atoms with Crippen molar-refractivity contribution >= 4 is 34.8 Å². The Morgan fingerprint density at radius 2 is 1.76 bits per heavy atom. The van der Waals surface area contributed by atoms with Crippen molar-refractivity contribution in [3.63, 3.8) is 0 Å². The zero-order chi connectivity index (χ0) is 12.4. The van der Waals surface area contributed by atoms with Crippen LogP contribution in [-0.4, -0.2) is 0 Å². The highest BCUT2D eigenvalue weighted by molar-refractivity contribution is 6.42. The number of alkyl halides is 1. The predicted molar refractivity (Wildman–Crippen MR) is 71.4 cm³/mol. The summed E-state index contributed by atoms with van der Waals surface area (Å²) in [5.74, 6) is -0.179. The van der Waals surface area contributed by atoms with Crippen LogP contribution >= 0.6 is 34.8 Å². The van der Waals surface area contributed by atoms with Gasteiger partial charge in [-0.15, -0.1) is 11.6 Å². The molecule has 0 aliphatic carbocycles. The second kappa shape index (κ2) is 5.26. The monoisotopic (exact) mass is 288 g/mol. The van der Waals surface area contributed by atoms with Crippen LogP contribution in [0.4, 0.5) is 4.39 Å². The molecule has 2 aromatic rings. The lowest BCUT2D eigenvalue weighted by Gasteiger charge is -2.07. The maximum absolute atomic E-state index is 14.0. The van der Waals surface area contributed by atoms with Crippen molar-refractivity contribution in [2.75, 3.05) is 0 Å². The number of halogens is 4. The first-order chi connectivity index (χ1) is 8.13. The van der Waals surface area contributed by atoms with Gasteiger partial charge in [0, 0.05) is 11.1 Å². The summed E-state index contributed by atoms with van der Waals surface area (Å²) in [6.07, 6.45) is 0. The van der Waals surface area contributed by atoms with Gasteiger partial charge in [0.1, 0.15) is 5.82 Å². The number of benzene rings is 2. The van der Waals surface area contributed by atoms with Crippen LogP contribution < -0.4 is 0 Å². The summed E-state index contributed by atoms with van der Waals surface area (Å²) in [4.78, 5) is 0. The van der Waals surface area contributed by atoms with Crippen molar-refractivity contribution in [1.29, 1.82) is 0 Å². The van der Waals surface area contributed by atoms with Crippen LogP contribution in [0.2, 0.25) is 10.0 Å². The molecule has 17 heavy (non-hydrogen) atoms. The molecule has 0 aliphatic rings. The lowest BCUT2D eigenvalue weighted by Crippen LogP contribution is -1.90. The quantitative estimate of drug-likeness (QED) is 0.637. The van der Waals surface area contributed by atoms with E-state index in [4.69, 9.17) is 34.8 Å². The summed E-state index contributed by atoms with van der Waals surface area (Å²) in [5, 5.41) is 0.851. The second-order valence-corrected chi connectivity index (χ2v) is 4.62. The van der Waals surface area contributed by atoms with Gasteiger partial charge < -0.3 is 0 Å². The van der Waals surface area contributed by atoms with Crippen molar-refractivity contribution in [2.45, 2.75) is 5.88 Å². The highest BCUT2D eigenvalue weighted by Gasteiger charge is 2.10. The molecule has 0 spiro atoms. The average Bonchev–Trinajstić information content (AvgIpc) is 2.33. The minimum Gasteiger partial charge on any atom is -0.206 e. The molecule has 0 aromatic heterocycles. The minimum absolute atomic E-state index is 0.140. The molecule has 0 aliphatic heterocycles. The Kier molecular flexibility index (Phi) is 3.93. The molecule has 0 N–H and O–H groups in total. The largest absolute Gasteiger partial charge is 0.206 e. The van der Waals surface area contributed by atoms with E-state index in [-0.39, 0.29) is 11.7 Å². The van der Waals surface area contributed by atoms with Gasteiger partial charge in [0.15, 0.2) is 0 Å². The Morgan fingerprint density at radius 1 is 1.00 bits per heavy atom. The minimum atomic E-state index is -0.319. The van der Waals surface area contributed by atoms with Gasteiger partial charge in [0.25, 0.3) is 0 Å². The molecule has 0 amide bonds. The Labute approximate surface area is 114 Å². The highest BCUT2D eigenvalue weighted by atomic mass is 35.5. The van der Waals surface area contributed by atoms with Crippen molar-refractivity contribution in [3.05, 3.63) is 57.8 Å².